The third-order valence-corrected chi connectivity index (χ3v) is 9.28. The van der Waals surface area contributed by atoms with Crippen LogP contribution in [0.4, 0.5) is 0 Å². The van der Waals surface area contributed by atoms with Crippen LogP contribution in [0, 0.1) is 17.8 Å². The number of ether oxygens (including phenoxy) is 2. The van der Waals surface area contributed by atoms with E-state index >= 15 is 0 Å². The van der Waals surface area contributed by atoms with Crippen molar-refractivity contribution in [3.8, 4) is 0 Å². The van der Waals surface area contributed by atoms with Gasteiger partial charge in [0.25, 0.3) is 0 Å². The topological polar surface area (TPSA) is 50.8 Å². The summed E-state index contributed by atoms with van der Waals surface area (Å²) in [5, 5.41) is 3.48. The number of esters is 1. The summed E-state index contributed by atoms with van der Waals surface area (Å²) in [7, 11) is 3.61. The van der Waals surface area contributed by atoms with Crippen molar-refractivity contribution in [2.45, 2.75) is 63.8 Å². The van der Waals surface area contributed by atoms with Gasteiger partial charge in [0.1, 0.15) is 4.88 Å². The van der Waals surface area contributed by atoms with E-state index in [0.717, 1.165) is 43.5 Å². The summed E-state index contributed by atoms with van der Waals surface area (Å²) in [5.74, 6) is 2.37. The molecule has 1 N–H and O–H groups in total. The van der Waals surface area contributed by atoms with Gasteiger partial charge in [-0.05, 0) is 87.9 Å². The fraction of sp³-hybridized carbons (Fsp3) is 0.800. The monoisotopic (exact) mass is 448 g/mol. The highest BCUT2D eigenvalue weighted by Crippen LogP contribution is 2.45. The number of nitrogens with zero attached hydrogens (tertiary/aromatic N) is 1. The average Bonchev–Trinajstić information content (AvgIpc) is 3.48. The van der Waals surface area contributed by atoms with Gasteiger partial charge in [-0.2, -0.15) is 0 Å². The number of thiophene rings is 1. The van der Waals surface area contributed by atoms with Crippen LogP contribution in [0.15, 0.2) is 6.07 Å². The SMILES string of the molecule is CCc1cc(C2CN(CC3CCOC3)CCC2C2CCC(NC)CC2)c(C(=O)OC)s1. The predicted molar refractivity (Wildman–Crippen MR) is 126 cm³/mol. The first-order valence-electron chi connectivity index (χ1n) is 12.3. The number of piperidine rings is 1. The molecular formula is C25H40N2O3S. The predicted octanol–water partition coefficient (Wildman–Crippen LogP) is 4.32. The van der Waals surface area contributed by atoms with Gasteiger partial charge in [-0.1, -0.05) is 6.92 Å². The van der Waals surface area contributed by atoms with E-state index < -0.39 is 0 Å². The molecule has 3 atom stereocenters. The Morgan fingerprint density at radius 2 is 2.06 bits per heavy atom. The Kier molecular flexibility index (Phi) is 8.07. The fourth-order valence-electron chi connectivity index (χ4n) is 6.19. The van der Waals surface area contributed by atoms with Crippen LogP contribution in [-0.4, -0.2) is 63.9 Å². The Hall–Kier alpha value is -0.950. The molecule has 1 aliphatic carbocycles. The van der Waals surface area contributed by atoms with Gasteiger partial charge in [0.15, 0.2) is 0 Å². The number of carbonyl (C=O) groups excluding carboxylic acids is 1. The summed E-state index contributed by atoms with van der Waals surface area (Å²) >= 11 is 1.65. The standard InChI is InChI=1S/C25H40N2O3S/c1-4-20-13-22(24(31-20)25(28)29-3)23-15-27(14-17-10-12-30-16-17)11-9-21(23)18-5-7-19(26-2)8-6-18/h13,17-19,21,23,26H,4-12,14-16H2,1-3H3. The Morgan fingerprint density at radius 3 is 2.71 bits per heavy atom. The smallest absolute Gasteiger partial charge is 0.348 e. The largest absolute Gasteiger partial charge is 0.465 e. The molecule has 3 heterocycles. The zero-order valence-corrected chi connectivity index (χ0v) is 20.3. The van der Waals surface area contributed by atoms with Gasteiger partial charge in [-0.25, -0.2) is 4.79 Å². The molecule has 0 bridgehead atoms. The number of methoxy groups -OCH3 is 1. The Balaban J connectivity index is 1.58. The number of hydrogen-bond donors (Lipinski definition) is 1. The molecule has 1 saturated carbocycles. The number of carbonyl (C=O) groups is 1. The first-order valence-corrected chi connectivity index (χ1v) is 13.1. The summed E-state index contributed by atoms with van der Waals surface area (Å²) in [6.07, 6.45) is 8.57. The lowest BCUT2D eigenvalue weighted by molar-refractivity contribution is 0.0595. The molecule has 1 aromatic rings. The van der Waals surface area contributed by atoms with E-state index in [1.54, 1.807) is 11.3 Å². The zero-order valence-electron chi connectivity index (χ0n) is 19.5. The molecule has 3 aliphatic rings. The van der Waals surface area contributed by atoms with E-state index in [9.17, 15) is 4.79 Å². The Labute approximate surface area is 191 Å². The van der Waals surface area contributed by atoms with E-state index in [1.807, 2.05) is 0 Å². The summed E-state index contributed by atoms with van der Waals surface area (Å²) in [6.45, 7) is 7.38. The van der Waals surface area contributed by atoms with Gasteiger partial charge in [-0.15, -0.1) is 11.3 Å². The molecular weight excluding hydrogens is 408 g/mol. The minimum atomic E-state index is -0.154. The number of likely N-dealkylation sites (tertiary alicyclic amines) is 1. The van der Waals surface area contributed by atoms with E-state index in [1.165, 1.54) is 62.6 Å². The van der Waals surface area contributed by atoms with Crippen LogP contribution in [0.2, 0.25) is 0 Å². The van der Waals surface area contributed by atoms with Crippen LogP contribution in [0.5, 0.6) is 0 Å². The molecule has 0 spiro atoms. The van der Waals surface area contributed by atoms with E-state index in [2.05, 4.69) is 30.3 Å². The van der Waals surface area contributed by atoms with Crippen molar-refractivity contribution in [3.05, 3.63) is 21.4 Å². The number of aryl methyl sites for hydroxylation is 1. The fourth-order valence-corrected chi connectivity index (χ4v) is 7.27. The molecule has 31 heavy (non-hydrogen) atoms. The van der Waals surface area contributed by atoms with E-state index in [-0.39, 0.29) is 5.97 Å². The molecule has 2 aliphatic heterocycles. The highest BCUT2D eigenvalue weighted by atomic mass is 32.1. The molecule has 6 heteroatoms. The quantitative estimate of drug-likeness (QED) is 0.630. The van der Waals surface area contributed by atoms with Crippen LogP contribution in [-0.2, 0) is 15.9 Å². The van der Waals surface area contributed by atoms with Gasteiger partial charge in [0, 0.05) is 36.5 Å². The van der Waals surface area contributed by atoms with E-state index in [0.29, 0.717) is 23.8 Å². The second kappa shape index (κ2) is 10.8. The molecule has 0 radical (unpaired) electrons. The van der Waals surface area contributed by atoms with Crippen molar-refractivity contribution in [1.29, 1.82) is 0 Å². The van der Waals surface area contributed by atoms with Crippen molar-refractivity contribution in [3.63, 3.8) is 0 Å². The minimum absolute atomic E-state index is 0.154. The Morgan fingerprint density at radius 1 is 1.26 bits per heavy atom. The van der Waals surface area contributed by atoms with Crippen LogP contribution < -0.4 is 5.32 Å². The van der Waals surface area contributed by atoms with Gasteiger partial charge in [0.2, 0.25) is 0 Å². The lowest BCUT2D eigenvalue weighted by Gasteiger charge is -2.45. The summed E-state index contributed by atoms with van der Waals surface area (Å²) in [6, 6.07) is 3.01. The second-order valence-corrected chi connectivity index (χ2v) is 10.9. The number of hydrogen-bond acceptors (Lipinski definition) is 6. The summed E-state index contributed by atoms with van der Waals surface area (Å²) in [5.41, 5.74) is 1.27. The van der Waals surface area contributed by atoms with Crippen LogP contribution in [0.1, 0.15) is 71.5 Å². The van der Waals surface area contributed by atoms with E-state index in [4.69, 9.17) is 9.47 Å². The molecule has 0 aromatic carbocycles. The third-order valence-electron chi connectivity index (χ3n) is 8.01. The maximum absolute atomic E-state index is 12.7. The summed E-state index contributed by atoms with van der Waals surface area (Å²) in [4.78, 5) is 17.5. The van der Waals surface area contributed by atoms with Crippen LogP contribution in [0.3, 0.4) is 0 Å². The van der Waals surface area contributed by atoms with Gasteiger partial charge in [-0.3, -0.25) is 0 Å². The molecule has 1 aromatic heterocycles. The Bertz CT molecular complexity index is 722. The first kappa shape index (κ1) is 23.2. The molecule has 3 unspecified atom stereocenters. The van der Waals surface area contributed by atoms with Crippen molar-refractivity contribution < 1.29 is 14.3 Å². The summed E-state index contributed by atoms with van der Waals surface area (Å²) < 4.78 is 10.8. The number of nitrogens with one attached hydrogen (secondary N) is 1. The van der Waals surface area contributed by atoms with Gasteiger partial charge in [0.05, 0.1) is 13.7 Å². The highest BCUT2D eigenvalue weighted by Gasteiger charge is 2.39. The number of rotatable bonds is 7. The van der Waals surface area contributed by atoms with Gasteiger partial charge < -0.3 is 19.7 Å². The second-order valence-electron chi connectivity index (χ2n) is 9.79. The molecule has 5 nitrogen and oxygen atoms in total. The van der Waals surface area contributed by atoms with Crippen LogP contribution in [0.25, 0.3) is 0 Å². The lowest BCUT2D eigenvalue weighted by atomic mass is 9.68. The van der Waals surface area contributed by atoms with Crippen molar-refractivity contribution in [2.75, 3.05) is 47.0 Å². The average molecular weight is 449 g/mol. The maximum atomic E-state index is 12.7. The molecule has 2 saturated heterocycles. The first-order chi connectivity index (χ1) is 15.1. The van der Waals surface area contributed by atoms with Gasteiger partial charge >= 0.3 is 5.97 Å². The molecule has 4 rings (SSSR count). The minimum Gasteiger partial charge on any atom is -0.465 e. The van der Waals surface area contributed by atoms with Crippen molar-refractivity contribution >= 4 is 17.3 Å². The normalized spacial score (nSPS) is 32.3. The maximum Gasteiger partial charge on any atom is 0.348 e. The molecule has 174 valence electrons. The lowest BCUT2D eigenvalue weighted by Crippen LogP contribution is -2.45. The molecule has 0 amide bonds. The van der Waals surface area contributed by atoms with Crippen molar-refractivity contribution in [2.24, 2.45) is 17.8 Å². The molecule has 3 fully saturated rings. The highest BCUT2D eigenvalue weighted by molar-refractivity contribution is 7.14. The third kappa shape index (κ3) is 5.35. The zero-order chi connectivity index (χ0) is 21.8. The van der Waals surface area contributed by atoms with Crippen LogP contribution >= 0.6 is 11.3 Å². The van der Waals surface area contributed by atoms with Crippen molar-refractivity contribution in [1.82, 2.24) is 10.2 Å².